The summed E-state index contributed by atoms with van der Waals surface area (Å²) in [5.41, 5.74) is 0.531. The maximum atomic E-state index is 14.2. The van der Waals surface area contributed by atoms with Gasteiger partial charge in [-0.05, 0) is 18.9 Å². The summed E-state index contributed by atoms with van der Waals surface area (Å²) in [6.07, 6.45) is 7.40. The summed E-state index contributed by atoms with van der Waals surface area (Å²) < 4.78 is 27.9. The van der Waals surface area contributed by atoms with Crippen LogP contribution in [-0.2, 0) is 6.54 Å². The second kappa shape index (κ2) is 6.53. The third-order valence-electron chi connectivity index (χ3n) is 6.33. The summed E-state index contributed by atoms with van der Waals surface area (Å²) >= 11 is 0. The monoisotopic (exact) mass is 424 g/mol. The minimum atomic E-state index is -0.873. The van der Waals surface area contributed by atoms with Gasteiger partial charge in [-0.3, -0.25) is 4.79 Å². The number of hydrogen-bond acceptors (Lipinski definition) is 7. The number of carbonyl (C=O) groups is 1. The van der Waals surface area contributed by atoms with E-state index in [-0.39, 0.29) is 11.9 Å². The zero-order chi connectivity index (χ0) is 21.2. The molecule has 2 bridgehead atoms. The highest BCUT2D eigenvalue weighted by Gasteiger charge is 2.43. The van der Waals surface area contributed by atoms with Gasteiger partial charge in [-0.25, -0.2) is 18.9 Å². The summed E-state index contributed by atoms with van der Waals surface area (Å²) in [6.45, 7) is 2.88. The Kier molecular flexibility index (Phi) is 3.87. The van der Waals surface area contributed by atoms with E-state index < -0.39 is 11.5 Å². The number of nitrogens with one attached hydrogen (secondary N) is 1. The third kappa shape index (κ3) is 2.81. The van der Waals surface area contributed by atoms with Gasteiger partial charge in [0, 0.05) is 18.4 Å². The van der Waals surface area contributed by atoms with Crippen LogP contribution in [0.15, 0.2) is 24.7 Å². The number of hydrogen-bond donors (Lipinski definition) is 1. The molecule has 5 heterocycles. The Morgan fingerprint density at radius 3 is 3.00 bits per heavy atom. The number of pyridine rings is 1. The van der Waals surface area contributed by atoms with Crippen LogP contribution in [0.5, 0.6) is 11.6 Å². The molecule has 6 rings (SSSR count). The Bertz CT molecular complexity index is 1210. The maximum absolute atomic E-state index is 14.2. The van der Waals surface area contributed by atoms with E-state index in [1.54, 1.807) is 10.7 Å². The van der Waals surface area contributed by atoms with Crippen LogP contribution in [0, 0.1) is 5.82 Å². The number of anilines is 1. The van der Waals surface area contributed by atoms with E-state index in [0.29, 0.717) is 60.2 Å². The summed E-state index contributed by atoms with van der Waals surface area (Å²) in [7, 11) is 0. The standard InChI is InChI=1S/C21H21FN6O3/c1-2-14-11-30-16-10-28-17-15(8-24-28)19(29)26-21(4-3-5-21)31-20-12(6-13(22)7-23-20)9-27(14)18(16)25-17/h6-8,10,14H,2-5,9,11H2,1H3,(H,26,29)/t14-/m1/s1. The van der Waals surface area contributed by atoms with Crippen molar-refractivity contribution in [2.75, 3.05) is 11.5 Å². The molecular weight excluding hydrogens is 403 g/mol. The van der Waals surface area contributed by atoms with Gasteiger partial charge < -0.3 is 19.7 Å². The predicted octanol–water partition coefficient (Wildman–Crippen LogP) is 2.44. The average Bonchev–Trinajstić information content (AvgIpc) is 3.14. The number of fused-ring (bicyclic) bond motifs is 1. The van der Waals surface area contributed by atoms with Gasteiger partial charge in [0.05, 0.1) is 31.2 Å². The first-order chi connectivity index (χ1) is 15.0. The molecule has 31 heavy (non-hydrogen) atoms. The molecule has 3 aliphatic rings. The van der Waals surface area contributed by atoms with Crippen molar-refractivity contribution in [2.24, 2.45) is 0 Å². The normalized spacial score (nSPS) is 21.4. The SMILES string of the molecule is CC[C@@H]1COc2cn3ncc4c3nc2N1Cc1cc(F)cnc1OC1(CCC1)NC4=O. The molecular formula is C21H21FN6O3. The largest absolute Gasteiger partial charge is 0.486 e. The third-order valence-corrected chi connectivity index (χ3v) is 6.33. The van der Waals surface area contributed by atoms with Crippen molar-refractivity contribution in [2.45, 2.75) is 50.9 Å². The highest BCUT2D eigenvalue weighted by Crippen LogP contribution is 2.39. The van der Waals surface area contributed by atoms with E-state index in [2.05, 4.69) is 27.2 Å². The highest BCUT2D eigenvalue weighted by molar-refractivity contribution is 6.00. The quantitative estimate of drug-likeness (QED) is 0.641. The lowest BCUT2D eigenvalue weighted by atomic mass is 9.87. The van der Waals surface area contributed by atoms with Crippen molar-refractivity contribution in [3.8, 4) is 11.6 Å². The van der Waals surface area contributed by atoms with Crippen LogP contribution < -0.4 is 19.7 Å². The molecule has 9 nitrogen and oxygen atoms in total. The molecule has 0 unspecified atom stereocenters. The van der Waals surface area contributed by atoms with Gasteiger partial charge in [-0.1, -0.05) is 6.92 Å². The lowest BCUT2D eigenvalue weighted by Gasteiger charge is -2.42. The van der Waals surface area contributed by atoms with Crippen LogP contribution in [0.3, 0.4) is 0 Å². The molecule has 3 aromatic heterocycles. The molecule has 0 aromatic carbocycles. The number of amides is 1. The fourth-order valence-electron chi connectivity index (χ4n) is 4.41. The van der Waals surface area contributed by atoms with Crippen molar-refractivity contribution in [1.82, 2.24) is 24.9 Å². The molecule has 1 aliphatic carbocycles. The Labute approximate surface area is 177 Å². The van der Waals surface area contributed by atoms with Crippen molar-refractivity contribution < 1.29 is 18.7 Å². The van der Waals surface area contributed by atoms with Gasteiger partial charge in [0.1, 0.15) is 18.0 Å². The lowest BCUT2D eigenvalue weighted by molar-refractivity contribution is -0.0360. The van der Waals surface area contributed by atoms with Gasteiger partial charge in [0.2, 0.25) is 5.88 Å². The second-order valence-electron chi connectivity index (χ2n) is 8.28. The molecule has 1 atom stereocenters. The van der Waals surface area contributed by atoms with Gasteiger partial charge in [0.25, 0.3) is 5.91 Å². The first-order valence-corrected chi connectivity index (χ1v) is 10.5. The summed E-state index contributed by atoms with van der Waals surface area (Å²) in [6, 6.07) is 1.46. The summed E-state index contributed by atoms with van der Waals surface area (Å²) in [5.74, 6) is 0.716. The lowest BCUT2D eigenvalue weighted by Crippen LogP contribution is -2.58. The molecule has 1 N–H and O–H groups in total. The van der Waals surface area contributed by atoms with Gasteiger partial charge in [0.15, 0.2) is 22.9 Å². The van der Waals surface area contributed by atoms with E-state index in [1.165, 1.54) is 12.3 Å². The molecule has 0 saturated heterocycles. The van der Waals surface area contributed by atoms with E-state index >= 15 is 0 Å². The Balaban J connectivity index is 1.58. The van der Waals surface area contributed by atoms with Crippen LogP contribution in [0.4, 0.5) is 10.2 Å². The van der Waals surface area contributed by atoms with E-state index in [4.69, 9.17) is 14.5 Å². The van der Waals surface area contributed by atoms with E-state index in [0.717, 1.165) is 19.0 Å². The number of ether oxygens (including phenoxy) is 2. The predicted molar refractivity (Wildman–Crippen MR) is 108 cm³/mol. The maximum Gasteiger partial charge on any atom is 0.259 e. The van der Waals surface area contributed by atoms with Crippen molar-refractivity contribution in [1.29, 1.82) is 0 Å². The first kappa shape index (κ1) is 18.3. The second-order valence-corrected chi connectivity index (χ2v) is 8.28. The van der Waals surface area contributed by atoms with Gasteiger partial charge >= 0.3 is 0 Å². The minimum Gasteiger partial charge on any atom is -0.486 e. The fraction of sp³-hybridized carbons (Fsp3) is 0.429. The molecule has 1 spiro atoms. The molecule has 1 saturated carbocycles. The van der Waals surface area contributed by atoms with Crippen LogP contribution in [0.2, 0.25) is 0 Å². The first-order valence-electron chi connectivity index (χ1n) is 10.5. The zero-order valence-corrected chi connectivity index (χ0v) is 17.0. The van der Waals surface area contributed by atoms with Crippen LogP contribution in [-0.4, -0.2) is 43.9 Å². The molecule has 160 valence electrons. The van der Waals surface area contributed by atoms with Crippen LogP contribution in [0.1, 0.15) is 48.5 Å². The molecule has 1 amide bonds. The van der Waals surface area contributed by atoms with Crippen LogP contribution >= 0.6 is 0 Å². The highest BCUT2D eigenvalue weighted by atomic mass is 19.1. The van der Waals surface area contributed by atoms with E-state index in [1.807, 2.05) is 0 Å². The number of rotatable bonds is 1. The smallest absolute Gasteiger partial charge is 0.259 e. The van der Waals surface area contributed by atoms with Crippen molar-refractivity contribution in [3.63, 3.8) is 0 Å². The topological polar surface area (TPSA) is 93.9 Å². The number of nitrogens with zero attached hydrogens (tertiary/aromatic N) is 5. The molecule has 10 heteroatoms. The Morgan fingerprint density at radius 1 is 1.35 bits per heavy atom. The summed E-state index contributed by atoms with van der Waals surface area (Å²) in [5, 5.41) is 7.30. The Hall–Kier alpha value is -3.43. The minimum absolute atomic E-state index is 0.0272. The van der Waals surface area contributed by atoms with Crippen molar-refractivity contribution >= 4 is 17.4 Å². The molecule has 2 aliphatic heterocycles. The average molecular weight is 424 g/mol. The summed E-state index contributed by atoms with van der Waals surface area (Å²) in [4.78, 5) is 24.2. The van der Waals surface area contributed by atoms with Crippen molar-refractivity contribution in [3.05, 3.63) is 41.6 Å². The Morgan fingerprint density at radius 2 is 2.23 bits per heavy atom. The van der Waals surface area contributed by atoms with Gasteiger partial charge in [-0.15, -0.1) is 0 Å². The number of halogens is 1. The fourth-order valence-corrected chi connectivity index (χ4v) is 4.41. The molecule has 1 fully saturated rings. The number of aromatic nitrogens is 4. The van der Waals surface area contributed by atoms with E-state index in [9.17, 15) is 9.18 Å². The molecule has 0 radical (unpaired) electrons. The zero-order valence-electron chi connectivity index (χ0n) is 17.0. The molecule has 3 aromatic rings. The number of carbonyl (C=O) groups excluding carboxylic acids is 1. The van der Waals surface area contributed by atoms with Crippen LogP contribution in [0.25, 0.3) is 5.65 Å². The van der Waals surface area contributed by atoms with Gasteiger partial charge in [-0.2, -0.15) is 5.10 Å².